The van der Waals surface area contributed by atoms with Crippen LogP contribution in [0.4, 0.5) is 5.69 Å². The first-order valence-corrected chi connectivity index (χ1v) is 8.28. The lowest BCUT2D eigenvalue weighted by atomic mass is 10.1. The van der Waals surface area contributed by atoms with Gasteiger partial charge in [0.1, 0.15) is 4.90 Å². The minimum Gasteiger partial charge on any atom is -0.315 e. The van der Waals surface area contributed by atoms with E-state index in [1.807, 2.05) is 0 Å². The topological polar surface area (TPSA) is 92.6 Å². The van der Waals surface area contributed by atoms with Crippen molar-refractivity contribution >= 4 is 27.3 Å². The molecule has 0 aliphatic carbocycles. The molecule has 7 nitrogen and oxygen atoms in total. The molecule has 1 fully saturated rings. The molecule has 1 unspecified atom stereocenters. The van der Waals surface area contributed by atoms with Crippen molar-refractivity contribution in [2.24, 2.45) is 0 Å². The van der Waals surface area contributed by atoms with Crippen molar-refractivity contribution in [2.45, 2.75) is 23.8 Å². The Labute approximate surface area is 128 Å². The van der Waals surface area contributed by atoms with Gasteiger partial charge in [0.25, 0.3) is 5.69 Å². The van der Waals surface area contributed by atoms with Crippen molar-refractivity contribution in [3.05, 3.63) is 33.3 Å². The van der Waals surface area contributed by atoms with E-state index in [0.717, 1.165) is 25.5 Å². The Balaban J connectivity index is 2.38. The molecular formula is C12H16ClN3O4S. The van der Waals surface area contributed by atoms with E-state index in [9.17, 15) is 18.5 Å². The molecule has 0 amide bonds. The number of non-ortho nitro benzene ring substituents is 1. The molecular weight excluding hydrogens is 318 g/mol. The fraction of sp³-hybridized carbons (Fsp3) is 0.500. The van der Waals surface area contributed by atoms with Crippen LogP contribution in [0.15, 0.2) is 23.1 Å². The van der Waals surface area contributed by atoms with E-state index >= 15 is 0 Å². The van der Waals surface area contributed by atoms with Crippen LogP contribution in [0.2, 0.25) is 5.02 Å². The van der Waals surface area contributed by atoms with Gasteiger partial charge >= 0.3 is 0 Å². The number of nitro groups is 1. The maximum absolute atomic E-state index is 12.6. The zero-order chi connectivity index (χ0) is 15.6. The van der Waals surface area contributed by atoms with E-state index in [0.29, 0.717) is 6.54 Å². The molecule has 1 aliphatic heterocycles. The van der Waals surface area contributed by atoms with Crippen molar-refractivity contribution in [3.8, 4) is 0 Å². The van der Waals surface area contributed by atoms with Crippen LogP contribution in [-0.4, -0.2) is 43.8 Å². The summed E-state index contributed by atoms with van der Waals surface area (Å²) in [7, 11) is -2.39. The van der Waals surface area contributed by atoms with Crippen LogP contribution in [0.5, 0.6) is 0 Å². The zero-order valence-corrected chi connectivity index (χ0v) is 13.0. The Bertz CT molecular complexity index is 644. The summed E-state index contributed by atoms with van der Waals surface area (Å²) in [6, 6.07) is 3.24. The molecule has 9 heteroatoms. The minimum atomic E-state index is -3.87. The van der Waals surface area contributed by atoms with Gasteiger partial charge in [0.2, 0.25) is 10.0 Å². The lowest BCUT2D eigenvalue weighted by Gasteiger charge is -2.31. The highest BCUT2D eigenvalue weighted by molar-refractivity contribution is 7.89. The molecule has 2 rings (SSSR count). The molecule has 21 heavy (non-hydrogen) atoms. The largest absolute Gasteiger partial charge is 0.315 e. The normalized spacial score (nSPS) is 19.7. The number of rotatable bonds is 4. The van der Waals surface area contributed by atoms with E-state index < -0.39 is 14.9 Å². The molecule has 1 aromatic rings. The number of likely N-dealkylation sites (N-methyl/N-ethyl adjacent to an activating group) is 1. The lowest BCUT2D eigenvalue weighted by Crippen LogP contribution is -2.46. The average Bonchev–Trinajstić information content (AvgIpc) is 2.47. The quantitative estimate of drug-likeness (QED) is 0.667. The second kappa shape index (κ2) is 6.27. The molecule has 0 bridgehead atoms. The van der Waals surface area contributed by atoms with E-state index in [4.69, 9.17) is 11.6 Å². The van der Waals surface area contributed by atoms with E-state index in [1.54, 1.807) is 0 Å². The average molecular weight is 334 g/mol. The van der Waals surface area contributed by atoms with Crippen molar-refractivity contribution in [1.29, 1.82) is 0 Å². The van der Waals surface area contributed by atoms with Gasteiger partial charge in [-0.2, -0.15) is 4.31 Å². The molecule has 116 valence electrons. The maximum Gasteiger partial charge on any atom is 0.270 e. The van der Waals surface area contributed by atoms with Gasteiger partial charge in [-0.15, -0.1) is 0 Å². The van der Waals surface area contributed by atoms with Crippen LogP contribution in [0.1, 0.15) is 12.8 Å². The first-order chi connectivity index (χ1) is 9.84. The van der Waals surface area contributed by atoms with Gasteiger partial charge < -0.3 is 5.32 Å². The van der Waals surface area contributed by atoms with E-state index in [2.05, 4.69) is 5.32 Å². The molecule has 1 aliphatic rings. The number of benzene rings is 1. The molecule has 0 aromatic heterocycles. The predicted octanol–water partition coefficient (Wildman–Crippen LogP) is 1.62. The van der Waals surface area contributed by atoms with Gasteiger partial charge in [0.15, 0.2) is 0 Å². The predicted molar refractivity (Wildman–Crippen MR) is 78.9 cm³/mol. The van der Waals surface area contributed by atoms with E-state index in [1.165, 1.54) is 23.5 Å². The fourth-order valence-corrected chi connectivity index (χ4v) is 4.18. The zero-order valence-electron chi connectivity index (χ0n) is 11.5. The Morgan fingerprint density at radius 3 is 2.76 bits per heavy atom. The Morgan fingerprint density at radius 2 is 2.19 bits per heavy atom. The fourth-order valence-electron chi connectivity index (χ4n) is 2.30. The first-order valence-electron chi connectivity index (χ1n) is 6.46. The second-order valence-corrected chi connectivity index (χ2v) is 7.27. The molecule has 1 atom stereocenters. The standard InChI is InChI=1S/C12H16ClN3O4S/c1-15(10-3-2-6-14-8-10)21(19,20)12-7-9(16(17)18)4-5-11(12)13/h4-5,7,10,14H,2-3,6,8H2,1H3. The molecule has 1 heterocycles. The van der Waals surface area contributed by atoms with Crippen LogP contribution < -0.4 is 5.32 Å². The number of nitrogens with one attached hydrogen (secondary N) is 1. The van der Waals surface area contributed by atoms with Crippen LogP contribution in [0.3, 0.4) is 0 Å². The van der Waals surface area contributed by atoms with Gasteiger partial charge in [-0.3, -0.25) is 10.1 Å². The number of piperidine rings is 1. The van der Waals surface area contributed by atoms with Crippen LogP contribution in [0, 0.1) is 10.1 Å². The van der Waals surface area contributed by atoms with Gasteiger partial charge in [-0.05, 0) is 25.5 Å². The number of hydrogen-bond acceptors (Lipinski definition) is 5. The number of nitro benzene ring substituents is 1. The summed E-state index contributed by atoms with van der Waals surface area (Å²) in [5.74, 6) is 0. The molecule has 1 saturated heterocycles. The van der Waals surface area contributed by atoms with Crippen molar-refractivity contribution in [1.82, 2.24) is 9.62 Å². The number of halogens is 1. The Hall–Kier alpha value is -1.22. The highest BCUT2D eigenvalue weighted by Crippen LogP contribution is 2.29. The third-order valence-electron chi connectivity index (χ3n) is 3.57. The van der Waals surface area contributed by atoms with Crippen LogP contribution >= 0.6 is 11.6 Å². The molecule has 0 spiro atoms. The third-order valence-corrected chi connectivity index (χ3v) is 5.96. The first kappa shape index (κ1) is 16.2. The lowest BCUT2D eigenvalue weighted by molar-refractivity contribution is -0.385. The summed E-state index contributed by atoms with van der Waals surface area (Å²) in [6.07, 6.45) is 1.63. The van der Waals surface area contributed by atoms with Gasteiger partial charge in [0, 0.05) is 31.8 Å². The van der Waals surface area contributed by atoms with Gasteiger partial charge in [-0.1, -0.05) is 11.6 Å². The highest BCUT2D eigenvalue weighted by Gasteiger charge is 2.31. The number of sulfonamides is 1. The molecule has 0 radical (unpaired) electrons. The minimum absolute atomic E-state index is 0.0174. The summed E-state index contributed by atoms with van der Waals surface area (Å²) in [5.41, 5.74) is -0.298. The van der Waals surface area contributed by atoms with Crippen LogP contribution in [-0.2, 0) is 10.0 Å². The smallest absolute Gasteiger partial charge is 0.270 e. The summed E-state index contributed by atoms with van der Waals surface area (Å²) >= 11 is 5.92. The SMILES string of the molecule is CN(C1CCCNC1)S(=O)(=O)c1cc([N+](=O)[O-])ccc1Cl. The Morgan fingerprint density at radius 1 is 1.48 bits per heavy atom. The molecule has 1 N–H and O–H groups in total. The summed E-state index contributed by atoms with van der Waals surface area (Å²) in [5, 5.41) is 13.9. The van der Waals surface area contributed by atoms with Crippen molar-refractivity contribution < 1.29 is 13.3 Å². The summed E-state index contributed by atoms with van der Waals surface area (Å²) < 4.78 is 26.5. The highest BCUT2D eigenvalue weighted by atomic mass is 35.5. The Kier molecular flexibility index (Phi) is 4.82. The van der Waals surface area contributed by atoms with Crippen molar-refractivity contribution in [3.63, 3.8) is 0 Å². The maximum atomic E-state index is 12.6. The number of hydrogen-bond donors (Lipinski definition) is 1. The number of nitrogens with zero attached hydrogens (tertiary/aromatic N) is 2. The molecule has 1 aromatic carbocycles. The van der Waals surface area contributed by atoms with Crippen molar-refractivity contribution in [2.75, 3.05) is 20.1 Å². The monoisotopic (exact) mass is 333 g/mol. The summed E-state index contributed by atoms with van der Waals surface area (Å²) in [6.45, 7) is 1.42. The van der Waals surface area contributed by atoms with Gasteiger partial charge in [0.05, 0.1) is 9.95 Å². The molecule has 0 saturated carbocycles. The van der Waals surface area contributed by atoms with E-state index in [-0.39, 0.29) is 21.6 Å². The second-order valence-electron chi connectivity index (χ2n) is 4.89. The van der Waals surface area contributed by atoms with Crippen LogP contribution in [0.25, 0.3) is 0 Å². The van der Waals surface area contributed by atoms with Gasteiger partial charge in [-0.25, -0.2) is 8.42 Å². The third kappa shape index (κ3) is 3.34. The summed E-state index contributed by atoms with van der Waals surface area (Å²) in [4.78, 5) is 9.94.